The van der Waals surface area contributed by atoms with Gasteiger partial charge < -0.3 is 14.4 Å². The average molecular weight is 370 g/mol. The number of hydrogen-bond donors (Lipinski definition) is 0. The van der Waals surface area contributed by atoms with Crippen LogP contribution in [0.25, 0.3) is 0 Å². The maximum Gasteiger partial charge on any atom is 0.267 e. The normalized spacial score (nSPS) is 19.9. The molecule has 2 aliphatic heterocycles. The van der Waals surface area contributed by atoms with E-state index in [9.17, 15) is 4.79 Å². The highest BCUT2D eigenvalue weighted by Gasteiger charge is 2.33. The Morgan fingerprint density at radius 2 is 2.00 bits per heavy atom. The van der Waals surface area contributed by atoms with Crippen LogP contribution in [0, 0.1) is 0 Å². The Kier molecular flexibility index (Phi) is 5.27. The predicted octanol–water partition coefficient (Wildman–Crippen LogP) is 2.62. The van der Waals surface area contributed by atoms with Crippen LogP contribution in [0.2, 0.25) is 0 Å². The molecule has 3 heterocycles. The van der Waals surface area contributed by atoms with Gasteiger partial charge in [0.05, 0.1) is 11.7 Å². The number of carbonyl (C=O) groups is 1. The summed E-state index contributed by atoms with van der Waals surface area (Å²) in [5, 5.41) is 8.57. The molecule has 1 saturated heterocycles. The van der Waals surface area contributed by atoms with E-state index in [1.165, 1.54) is 0 Å². The monoisotopic (exact) mass is 370 g/mol. The molecule has 2 aromatic rings. The van der Waals surface area contributed by atoms with Crippen LogP contribution >= 0.6 is 0 Å². The lowest BCUT2D eigenvalue weighted by Gasteiger charge is -2.35. The highest BCUT2D eigenvalue weighted by Crippen LogP contribution is 2.32. The SMILES string of the molecule is CCCCc1cn(C2CCN(C(=O)[C@@H]3COc4ccccc4O3)CC2)nn1. The van der Waals surface area contributed by atoms with Crippen molar-refractivity contribution in [3.05, 3.63) is 36.2 Å². The van der Waals surface area contributed by atoms with Gasteiger partial charge in [0.2, 0.25) is 6.10 Å². The standard InChI is InChI=1S/C20H26N4O3/c1-2-3-6-15-13-24(22-21-15)16-9-11-23(12-10-16)20(25)19-14-26-17-7-4-5-8-18(17)27-19/h4-5,7-8,13,16,19H,2-3,6,9-12,14H2,1H3/t19-/m0/s1. The summed E-state index contributed by atoms with van der Waals surface area (Å²) in [4.78, 5) is 14.7. The summed E-state index contributed by atoms with van der Waals surface area (Å²) in [5.74, 6) is 1.34. The van der Waals surface area contributed by atoms with Crippen LogP contribution in [0.15, 0.2) is 30.5 Å². The fourth-order valence-corrected chi connectivity index (χ4v) is 3.66. The number of piperidine rings is 1. The Morgan fingerprint density at radius 1 is 1.22 bits per heavy atom. The van der Waals surface area contributed by atoms with Crippen molar-refractivity contribution in [3.63, 3.8) is 0 Å². The lowest BCUT2D eigenvalue weighted by atomic mass is 10.0. The summed E-state index contributed by atoms with van der Waals surface area (Å²) in [5.41, 5.74) is 1.06. The summed E-state index contributed by atoms with van der Waals surface area (Å²) in [6.07, 6.45) is 6.53. The zero-order chi connectivity index (χ0) is 18.6. The Hall–Kier alpha value is -2.57. The topological polar surface area (TPSA) is 69.5 Å². The molecule has 0 aliphatic carbocycles. The molecule has 0 radical (unpaired) electrons. The van der Waals surface area contributed by atoms with Crippen LogP contribution in [0.1, 0.15) is 44.3 Å². The first kappa shape index (κ1) is 17.8. The first-order valence-corrected chi connectivity index (χ1v) is 9.82. The summed E-state index contributed by atoms with van der Waals surface area (Å²) >= 11 is 0. The number of fused-ring (bicyclic) bond motifs is 1. The van der Waals surface area contributed by atoms with Gasteiger partial charge in [-0.3, -0.25) is 4.79 Å². The number of rotatable bonds is 5. The molecule has 0 spiro atoms. The van der Waals surface area contributed by atoms with Gasteiger partial charge in [-0.05, 0) is 37.8 Å². The van der Waals surface area contributed by atoms with Gasteiger partial charge >= 0.3 is 0 Å². The van der Waals surface area contributed by atoms with E-state index >= 15 is 0 Å². The Labute approximate surface area is 159 Å². The van der Waals surface area contributed by atoms with Gasteiger partial charge in [-0.2, -0.15) is 0 Å². The quantitative estimate of drug-likeness (QED) is 0.809. The van der Waals surface area contributed by atoms with Gasteiger partial charge in [0.25, 0.3) is 5.91 Å². The van der Waals surface area contributed by atoms with Gasteiger partial charge in [-0.25, -0.2) is 4.68 Å². The number of amides is 1. The Bertz CT molecular complexity index is 783. The largest absolute Gasteiger partial charge is 0.485 e. The first-order valence-electron chi connectivity index (χ1n) is 9.82. The van der Waals surface area contributed by atoms with Crippen molar-refractivity contribution in [1.82, 2.24) is 19.9 Å². The summed E-state index contributed by atoms with van der Waals surface area (Å²) in [7, 11) is 0. The van der Waals surface area contributed by atoms with Crippen molar-refractivity contribution >= 4 is 5.91 Å². The zero-order valence-corrected chi connectivity index (χ0v) is 15.7. The molecule has 0 bridgehead atoms. The molecule has 7 heteroatoms. The van der Waals surface area contributed by atoms with Crippen molar-refractivity contribution in [2.75, 3.05) is 19.7 Å². The highest BCUT2D eigenvalue weighted by molar-refractivity contribution is 5.82. The van der Waals surface area contributed by atoms with Crippen LogP contribution in [-0.2, 0) is 11.2 Å². The van der Waals surface area contributed by atoms with Crippen molar-refractivity contribution in [2.24, 2.45) is 0 Å². The molecule has 1 aromatic carbocycles. The number of ether oxygens (including phenoxy) is 2. The third kappa shape index (κ3) is 3.91. The molecule has 0 saturated carbocycles. The lowest BCUT2D eigenvalue weighted by Crippen LogP contribution is -2.49. The number of unbranched alkanes of at least 4 members (excludes halogenated alkanes) is 1. The van der Waals surface area contributed by atoms with E-state index in [-0.39, 0.29) is 12.5 Å². The number of aryl methyl sites for hydroxylation is 1. The minimum absolute atomic E-state index is 0.00479. The van der Waals surface area contributed by atoms with Gasteiger partial charge in [0.15, 0.2) is 11.5 Å². The number of likely N-dealkylation sites (tertiary alicyclic amines) is 1. The van der Waals surface area contributed by atoms with Gasteiger partial charge in [0, 0.05) is 19.3 Å². The van der Waals surface area contributed by atoms with E-state index in [1.54, 1.807) is 0 Å². The highest BCUT2D eigenvalue weighted by atomic mass is 16.6. The molecule has 4 rings (SSSR count). The maximum atomic E-state index is 12.8. The molecule has 1 atom stereocenters. The third-order valence-electron chi connectivity index (χ3n) is 5.28. The molecular weight excluding hydrogens is 344 g/mol. The van der Waals surface area contributed by atoms with Crippen molar-refractivity contribution < 1.29 is 14.3 Å². The minimum Gasteiger partial charge on any atom is -0.485 e. The molecule has 1 amide bonds. The first-order chi connectivity index (χ1) is 13.2. The third-order valence-corrected chi connectivity index (χ3v) is 5.28. The summed E-state index contributed by atoms with van der Waals surface area (Å²) in [6.45, 7) is 3.85. The minimum atomic E-state index is -0.566. The van der Waals surface area contributed by atoms with Crippen molar-refractivity contribution in [1.29, 1.82) is 0 Å². The van der Waals surface area contributed by atoms with E-state index in [4.69, 9.17) is 9.47 Å². The zero-order valence-electron chi connectivity index (χ0n) is 15.7. The summed E-state index contributed by atoms with van der Waals surface area (Å²) in [6, 6.07) is 7.78. The lowest BCUT2D eigenvalue weighted by molar-refractivity contribution is -0.142. The van der Waals surface area contributed by atoms with E-state index in [0.29, 0.717) is 30.6 Å². The second-order valence-electron chi connectivity index (χ2n) is 7.21. The van der Waals surface area contributed by atoms with E-state index in [1.807, 2.05) is 33.8 Å². The van der Waals surface area contributed by atoms with E-state index in [2.05, 4.69) is 23.4 Å². The Morgan fingerprint density at radius 3 is 2.78 bits per heavy atom. The van der Waals surface area contributed by atoms with E-state index < -0.39 is 6.10 Å². The average Bonchev–Trinajstić information content (AvgIpc) is 3.20. The second-order valence-corrected chi connectivity index (χ2v) is 7.21. The molecule has 7 nitrogen and oxygen atoms in total. The number of carbonyl (C=O) groups excluding carboxylic acids is 1. The van der Waals surface area contributed by atoms with Crippen LogP contribution in [-0.4, -0.2) is 51.6 Å². The molecular formula is C20H26N4O3. The molecule has 0 N–H and O–H groups in total. The number of benzene rings is 1. The molecule has 0 unspecified atom stereocenters. The number of aromatic nitrogens is 3. The van der Waals surface area contributed by atoms with Gasteiger partial charge in [-0.15, -0.1) is 5.10 Å². The van der Waals surface area contributed by atoms with E-state index in [0.717, 1.165) is 37.8 Å². The maximum absolute atomic E-state index is 12.8. The fourth-order valence-electron chi connectivity index (χ4n) is 3.66. The molecule has 1 fully saturated rings. The van der Waals surface area contributed by atoms with Crippen molar-refractivity contribution in [3.8, 4) is 11.5 Å². The van der Waals surface area contributed by atoms with Gasteiger partial charge in [-0.1, -0.05) is 30.7 Å². The van der Waals surface area contributed by atoms with Gasteiger partial charge in [0.1, 0.15) is 6.61 Å². The Balaban J connectivity index is 1.31. The number of nitrogens with zero attached hydrogens (tertiary/aromatic N) is 4. The molecule has 27 heavy (non-hydrogen) atoms. The molecule has 144 valence electrons. The fraction of sp³-hybridized carbons (Fsp3) is 0.550. The van der Waals surface area contributed by atoms with Crippen molar-refractivity contribution in [2.45, 2.75) is 51.2 Å². The number of hydrogen-bond acceptors (Lipinski definition) is 5. The van der Waals surface area contributed by atoms with Crippen LogP contribution in [0.3, 0.4) is 0 Å². The van der Waals surface area contributed by atoms with Crippen LogP contribution in [0.5, 0.6) is 11.5 Å². The smallest absolute Gasteiger partial charge is 0.267 e. The molecule has 2 aliphatic rings. The van der Waals surface area contributed by atoms with Crippen LogP contribution < -0.4 is 9.47 Å². The molecule has 1 aromatic heterocycles. The summed E-state index contributed by atoms with van der Waals surface area (Å²) < 4.78 is 13.5. The number of para-hydroxylation sites is 2. The second kappa shape index (κ2) is 7.98. The van der Waals surface area contributed by atoms with Crippen LogP contribution in [0.4, 0.5) is 0 Å². The predicted molar refractivity (Wildman–Crippen MR) is 99.8 cm³/mol.